The van der Waals surface area contributed by atoms with Gasteiger partial charge >= 0.3 is 0 Å². The van der Waals surface area contributed by atoms with Crippen LogP contribution in [-0.4, -0.2) is 0 Å². The maximum Gasteiger partial charge on any atom is 0.134 e. The second-order valence-corrected chi connectivity index (χ2v) is 5.48. The lowest BCUT2D eigenvalue weighted by molar-refractivity contribution is 0.455. The SMILES string of the molecule is Clc1cc(Cl)cc(-c2ccc(CNCc3ccco3)o2)c1. The molecule has 0 aliphatic carbocycles. The quantitative estimate of drug-likeness (QED) is 0.707. The van der Waals surface area contributed by atoms with Gasteiger partial charge in [-0.15, -0.1) is 0 Å². The van der Waals surface area contributed by atoms with Crippen LogP contribution < -0.4 is 5.32 Å². The third kappa shape index (κ3) is 3.70. The topological polar surface area (TPSA) is 38.3 Å². The predicted molar refractivity (Wildman–Crippen MR) is 83.4 cm³/mol. The molecule has 0 unspecified atom stereocenters. The highest BCUT2D eigenvalue weighted by Gasteiger charge is 2.07. The molecule has 0 atom stereocenters. The minimum atomic E-state index is 0.589. The van der Waals surface area contributed by atoms with Crippen molar-refractivity contribution >= 4 is 23.2 Å². The summed E-state index contributed by atoms with van der Waals surface area (Å²) in [6, 6.07) is 13.0. The first-order chi connectivity index (χ1) is 10.2. The van der Waals surface area contributed by atoms with Crippen LogP contribution in [0.3, 0.4) is 0 Å². The second kappa shape index (κ2) is 6.39. The van der Waals surface area contributed by atoms with E-state index in [2.05, 4.69) is 5.32 Å². The minimum absolute atomic E-state index is 0.589. The molecule has 2 aromatic heterocycles. The Morgan fingerprint density at radius 2 is 1.67 bits per heavy atom. The number of rotatable bonds is 5. The van der Waals surface area contributed by atoms with Crippen molar-refractivity contribution in [3.63, 3.8) is 0 Å². The number of furan rings is 2. The number of hydrogen-bond acceptors (Lipinski definition) is 3. The largest absolute Gasteiger partial charge is 0.468 e. The standard InChI is InChI=1S/C16H13Cl2NO2/c17-12-6-11(7-13(18)8-12)16-4-3-15(21-16)10-19-9-14-2-1-5-20-14/h1-8,19H,9-10H2. The molecule has 0 saturated heterocycles. The van der Waals surface area contributed by atoms with Gasteiger partial charge in [0.1, 0.15) is 17.3 Å². The monoisotopic (exact) mass is 321 g/mol. The lowest BCUT2D eigenvalue weighted by Gasteiger charge is -2.01. The van der Waals surface area contributed by atoms with Crippen LogP contribution in [0.1, 0.15) is 11.5 Å². The maximum atomic E-state index is 6.00. The molecule has 0 saturated carbocycles. The van der Waals surface area contributed by atoms with Crippen LogP contribution >= 0.6 is 23.2 Å². The molecule has 0 aliphatic rings. The van der Waals surface area contributed by atoms with Gasteiger partial charge in [0.25, 0.3) is 0 Å². The molecule has 0 aliphatic heterocycles. The summed E-state index contributed by atoms with van der Waals surface area (Å²) in [4.78, 5) is 0. The average Bonchev–Trinajstić information content (AvgIpc) is 3.09. The van der Waals surface area contributed by atoms with Crippen LogP contribution in [0.5, 0.6) is 0 Å². The highest BCUT2D eigenvalue weighted by molar-refractivity contribution is 6.35. The molecule has 0 spiro atoms. The van der Waals surface area contributed by atoms with Gasteiger partial charge in [-0.3, -0.25) is 0 Å². The van der Waals surface area contributed by atoms with E-state index in [9.17, 15) is 0 Å². The van der Waals surface area contributed by atoms with Gasteiger partial charge < -0.3 is 14.2 Å². The van der Waals surface area contributed by atoms with E-state index in [1.54, 1.807) is 12.3 Å². The van der Waals surface area contributed by atoms with Gasteiger partial charge in [0.15, 0.2) is 0 Å². The molecule has 108 valence electrons. The molecule has 1 N–H and O–H groups in total. The van der Waals surface area contributed by atoms with Crippen molar-refractivity contribution in [3.8, 4) is 11.3 Å². The molecule has 5 heteroatoms. The summed E-state index contributed by atoms with van der Waals surface area (Å²) in [6.07, 6.45) is 1.66. The Labute approximate surface area is 132 Å². The molecule has 2 heterocycles. The zero-order chi connectivity index (χ0) is 14.7. The van der Waals surface area contributed by atoms with Gasteiger partial charge in [-0.05, 0) is 42.5 Å². The van der Waals surface area contributed by atoms with E-state index in [4.69, 9.17) is 32.0 Å². The molecule has 0 fully saturated rings. The highest BCUT2D eigenvalue weighted by atomic mass is 35.5. The lowest BCUT2D eigenvalue weighted by atomic mass is 10.2. The summed E-state index contributed by atoms with van der Waals surface area (Å²) in [7, 11) is 0. The van der Waals surface area contributed by atoms with E-state index >= 15 is 0 Å². The van der Waals surface area contributed by atoms with Crippen molar-refractivity contribution < 1.29 is 8.83 Å². The van der Waals surface area contributed by atoms with Crippen LogP contribution in [0.2, 0.25) is 10.0 Å². The Balaban J connectivity index is 1.65. The molecule has 3 rings (SSSR count). The van der Waals surface area contributed by atoms with Crippen molar-refractivity contribution in [1.29, 1.82) is 0 Å². The lowest BCUT2D eigenvalue weighted by Crippen LogP contribution is -2.11. The second-order valence-electron chi connectivity index (χ2n) is 4.61. The normalized spacial score (nSPS) is 11.0. The summed E-state index contributed by atoms with van der Waals surface area (Å²) >= 11 is 12.0. The summed E-state index contributed by atoms with van der Waals surface area (Å²) in [5.41, 5.74) is 0.866. The first-order valence-electron chi connectivity index (χ1n) is 6.49. The van der Waals surface area contributed by atoms with Crippen LogP contribution in [0, 0.1) is 0 Å². The van der Waals surface area contributed by atoms with Gasteiger partial charge in [-0.25, -0.2) is 0 Å². The molecule has 0 amide bonds. The molecule has 0 bridgehead atoms. The van der Waals surface area contributed by atoms with Crippen molar-refractivity contribution in [2.75, 3.05) is 0 Å². The van der Waals surface area contributed by atoms with E-state index in [1.165, 1.54) is 0 Å². The fourth-order valence-corrected chi connectivity index (χ4v) is 2.57. The molecule has 21 heavy (non-hydrogen) atoms. The van der Waals surface area contributed by atoms with Gasteiger partial charge in [-0.1, -0.05) is 23.2 Å². The van der Waals surface area contributed by atoms with Gasteiger partial charge in [-0.2, -0.15) is 0 Å². The molecule has 0 radical (unpaired) electrons. The van der Waals surface area contributed by atoms with E-state index in [0.717, 1.165) is 22.8 Å². The maximum absolute atomic E-state index is 6.00. The van der Waals surface area contributed by atoms with Crippen molar-refractivity contribution in [2.45, 2.75) is 13.1 Å². The third-order valence-electron chi connectivity index (χ3n) is 2.99. The van der Waals surface area contributed by atoms with Crippen molar-refractivity contribution in [3.05, 3.63) is 70.3 Å². The number of hydrogen-bond donors (Lipinski definition) is 1. The summed E-state index contributed by atoms with van der Waals surface area (Å²) in [6.45, 7) is 1.28. The summed E-state index contributed by atoms with van der Waals surface area (Å²) in [5, 5.41) is 4.43. The summed E-state index contributed by atoms with van der Waals surface area (Å²) < 4.78 is 11.0. The average molecular weight is 322 g/mol. The van der Waals surface area contributed by atoms with Crippen LogP contribution in [0.25, 0.3) is 11.3 Å². The Kier molecular flexibility index (Phi) is 4.34. The molecule has 3 aromatic rings. The third-order valence-corrected chi connectivity index (χ3v) is 3.42. The van der Waals surface area contributed by atoms with Gasteiger partial charge in [0.2, 0.25) is 0 Å². The fourth-order valence-electron chi connectivity index (χ4n) is 2.05. The van der Waals surface area contributed by atoms with E-state index in [0.29, 0.717) is 23.1 Å². The first-order valence-corrected chi connectivity index (χ1v) is 7.24. The Bertz CT molecular complexity index is 699. The zero-order valence-corrected chi connectivity index (χ0v) is 12.6. The van der Waals surface area contributed by atoms with Gasteiger partial charge in [0, 0.05) is 15.6 Å². The van der Waals surface area contributed by atoms with Crippen LogP contribution in [-0.2, 0) is 13.1 Å². The van der Waals surface area contributed by atoms with Crippen LogP contribution in [0.15, 0.2) is 57.6 Å². The van der Waals surface area contributed by atoms with E-state index < -0.39 is 0 Å². The number of nitrogens with one attached hydrogen (secondary N) is 1. The minimum Gasteiger partial charge on any atom is -0.468 e. The molecular formula is C16H13Cl2NO2. The Morgan fingerprint density at radius 1 is 0.905 bits per heavy atom. The zero-order valence-electron chi connectivity index (χ0n) is 11.1. The molecule has 1 aromatic carbocycles. The van der Waals surface area contributed by atoms with Crippen molar-refractivity contribution in [1.82, 2.24) is 5.32 Å². The fraction of sp³-hybridized carbons (Fsp3) is 0.125. The summed E-state index contributed by atoms with van der Waals surface area (Å²) in [5.74, 6) is 2.48. The Hall–Kier alpha value is -1.68. The Morgan fingerprint density at radius 3 is 2.38 bits per heavy atom. The molecular weight excluding hydrogens is 309 g/mol. The van der Waals surface area contributed by atoms with Crippen LogP contribution in [0.4, 0.5) is 0 Å². The number of halogens is 2. The van der Waals surface area contributed by atoms with E-state index in [1.807, 2.05) is 36.4 Å². The first kappa shape index (κ1) is 14.3. The smallest absolute Gasteiger partial charge is 0.134 e. The van der Waals surface area contributed by atoms with E-state index in [-0.39, 0.29) is 0 Å². The number of benzene rings is 1. The van der Waals surface area contributed by atoms with Gasteiger partial charge in [0.05, 0.1) is 19.4 Å². The predicted octanol–water partition coefficient (Wildman–Crippen LogP) is 5.14. The highest BCUT2D eigenvalue weighted by Crippen LogP contribution is 2.28. The van der Waals surface area contributed by atoms with Crippen molar-refractivity contribution in [2.24, 2.45) is 0 Å². The molecule has 3 nitrogen and oxygen atoms in total.